The molecule has 186 valence electrons. The van der Waals surface area contributed by atoms with Crippen LogP contribution in [0.1, 0.15) is 45.9 Å². The van der Waals surface area contributed by atoms with Crippen LogP contribution in [0.15, 0.2) is 54.1 Å². The number of carbonyl (C=O) groups excluding carboxylic acids is 3. The molecule has 2 heterocycles. The average Bonchev–Trinajstić information content (AvgIpc) is 3.39. The number of halogens is 1. The van der Waals surface area contributed by atoms with E-state index in [1.807, 2.05) is 19.1 Å². The number of amides is 1. The van der Waals surface area contributed by atoms with Crippen LogP contribution >= 0.6 is 33.9 Å². The van der Waals surface area contributed by atoms with Gasteiger partial charge in [-0.3, -0.25) is 14.5 Å². The number of aliphatic hydroxyl groups is 1. The molecule has 1 unspecified atom stereocenters. The van der Waals surface area contributed by atoms with Gasteiger partial charge in [-0.2, -0.15) is 0 Å². The fourth-order valence-corrected chi connectivity index (χ4v) is 5.24. The van der Waals surface area contributed by atoms with E-state index in [9.17, 15) is 19.5 Å². The number of Topliss-reactive ketones (excluding diaryl/α,β-unsaturated/α-hetero) is 1. The van der Waals surface area contributed by atoms with E-state index in [2.05, 4.69) is 27.6 Å². The number of anilines is 1. The first-order valence-electron chi connectivity index (χ1n) is 11.1. The molecule has 1 fully saturated rings. The summed E-state index contributed by atoms with van der Waals surface area (Å²) in [6, 6.07) is 13.1. The molecule has 2 aromatic carbocycles. The lowest BCUT2D eigenvalue weighted by Crippen LogP contribution is -2.29. The number of ether oxygens (including phenoxy) is 2. The minimum atomic E-state index is -0.946. The fraction of sp³-hybridized carbons (Fsp3) is 0.231. The fourth-order valence-electron chi connectivity index (χ4n) is 3.87. The molecule has 8 nitrogen and oxygen atoms in total. The van der Waals surface area contributed by atoms with E-state index in [-0.39, 0.29) is 21.3 Å². The molecule has 1 amide bonds. The topological polar surface area (TPSA) is 106 Å². The van der Waals surface area contributed by atoms with Crippen LogP contribution in [0.5, 0.6) is 5.75 Å². The lowest BCUT2D eigenvalue weighted by molar-refractivity contribution is -0.132. The number of thiazole rings is 1. The second-order valence-electron chi connectivity index (χ2n) is 8.00. The van der Waals surface area contributed by atoms with Gasteiger partial charge in [-0.25, -0.2) is 9.78 Å². The Morgan fingerprint density at radius 2 is 1.92 bits per heavy atom. The largest absolute Gasteiger partial charge is 0.507 e. The Morgan fingerprint density at radius 1 is 1.19 bits per heavy atom. The Morgan fingerprint density at radius 3 is 2.58 bits per heavy atom. The summed E-state index contributed by atoms with van der Waals surface area (Å²) in [7, 11) is 1.26. The molecule has 4 rings (SSSR count). The summed E-state index contributed by atoms with van der Waals surface area (Å²) in [6.45, 7) is 4.12. The van der Waals surface area contributed by atoms with Crippen molar-refractivity contribution in [1.29, 1.82) is 0 Å². The molecule has 1 aliphatic heterocycles. The van der Waals surface area contributed by atoms with Crippen molar-refractivity contribution in [3.63, 3.8) is 0 Å². The van der Waals surface area contributed by atoms with Crippen molar-refractivity contribution < 1.29 is 29.0 Å². The molecular formula is C26H23IN2O6S. The highest BCUT2D eigenvalue weighted by Gasteiger charge is 2.48. The molecule has 3 aromatic rings. The number of ketones is 1. The average molecular weight is 618 g/mol. The summed E-state index contributed by atoms with van der Waals surface area (Å²) in [5.41, 5.74) is 1.27. The van der Waals surface area contributed by atoms with Gasteiger partial charge >= 0.3 is 11.9 Å². The third-order valence-electron chi connectivity index (χ3n) is 5.57. The number of rotatable bonds is 7. The number of esters is 1. The minimum absolute atomic E-state index is 0.0682. The SMILES string of the molecule is CCCOc1cccc(C(O)=C2C(=O)C(=O)N(c3nc(C)c(C(=O)OC)s3)C2c2ccc(I)cc2)c1. The van der Waals surface area contributed by atoms with E-state index >= 15 is 0 Å². The number of aromatic nitrogens is 1. The Balaban J connectivity index is 1.89. The summed E-state index contributed by atoms with van der Waals surface area (Å²) < 4.78 is 11.5. The van der Waals surface area contributed by atoms with Gasteiger partial charge in [0.1, 0.15) is 16.4 Å². The molecule has 1 N–H and O–H groups in total. The van der Waals surface area contributed by atoms with Crippen LogP contribution in [0.3, 0.4) is 0 Å². The second kappa shape index (κ2) is 10.8. The normalized spacial score (nSPS) is 16.9. The van der Waals surface area contributed by atoms with E-state index in [0.717, 1.165) is 21.3 Å². The molecule has 0 radical (unpaired) electrons. The van der Waals surface area contributed by atoms with Crippen molar-refractivity contribution in [2.24, 2.45) is 0 Å². The Bertz CT molecular complexity index is 1370. The first kappa shape index (κ1) is 25.8. The number of hydrogen-bond donors (Lipinski definition) is 1. The molecule has 0 bridgehead atoms. The minimum Gasteiger partial charge on any atom is -0.507 e. The summed E-state index contributed by atoms with van der Waals surface area (Å²) in [5.74, 6) is -2.04. The molecule has 0 spiro atoms. The highest BCUT2D eigenvalue weighted by molar-refractivity contribution is 14.1. The first-order valence-corrected chi connectivity index (χ1v) is 13.0. The summed E-state index contributed by atoms with van der Waals surface area (Å²) >= 11 is 3.12. The molecule has 36 heavy (non-hydrogen) atoms. The molecule has 1 aromatic heterocycles. The molecule has 0 aliphatic carbocycles. The molecule has 1 atom stereocenters. The quantitative estimate of drug-likeness (QED) is 0.127. The number of nitrogens with zero attached hydrogens (tertiary/aromatic N) is 2. The van der Waals surface area contributed by atoms with Crippen molar-refractivity contribution in [2.45, 2.75) is 26.3 Å². The smallest absolute Gasteiger partial charge is 0.350 e. The maximum absolute atomic E-state index is 13.3. The van der Waals surface area contributed by atoms with E-state index in [0.29, 0.717) is 29.2 Å². The zero-order valence-corrected chi connectivity index (χ0v) is 22.8. The number of carbonyl (C=O) groups is 3. The zero-order chi connectivity index (χ0) is 26.0. The first-order chi connectivity index (χ1) is 17.3. The summed E-state index contributed by atoms with van der Waals surface area (Å²) in [6.07, 6.45) is 0.814. The van der Waals surface area contributed by atoms with E-state index < -0.39 is 23.7 Å². The third-order valence-corrected chi connectivity index (χ3v) is 7.43. The third kappa shape index (κ3) is 4.87. The van der Waals surface area contributed by atoms with Gasteiger partial charge in [-0.15, -0.1) is 0 Å². The molecule has 0 saturated carbocycles. The van der Waals surface area contributed by atoms with Crippen molar-refractivity contribution in [3.8, 4) is 5.75 Å². The van der Waals surface area contributed by atoms with Gasteiger partial charge in [0.2, 0.25) is 0 Å². The van der Waals surface area contributed by atoms with Crippen molar-refractivity contribution in [3.05, 3.63) is 79.4 Å². The number of hydrogen-bond acceptors (Lipinski definition) is 8. The van der Waals surface area contributed by atoms with Gasteiger partial charge in [0.25, 0.3) is 5.78 Å². The predicted molar refractivity (Wildman–Crippen MR) is 144 cm³/mol. The maximum Gasteiger partial charge on any atom is 0.350 e. The maximum atomic E-state index is 13.3. The van der Waals surface area contributed by atoms with Crippen molar-refractivity contribution >= 4 is 62.5 Å². The van der Waals surface area contributed by atoms with Crippen LogP contribution in [0, 0.1) is 10.5 Å². The monoisotopic (exact) mass is 618 g/mol. The molecule has 10 heteroatoms. The second-order valence-corrected chi connectivity index (χ2v) is 10.2. The highest BCUT2D eigenvalue weighted by atomic mass is 127. The van der Waals surface area contributed by atoms with Gasteiger partial charge < -0.3 is 14.6 Å². The molecule has 1 saturated heterocycles. The van der Waals surface area contributed by atoms with Gasteiger partial charge in [0.15, 0.2) is 5.13 Å². The predicted octanol–water partition coefficient (Wildman–Crippen LogP) is 5.26. The Labute approximate surface area is 225 Å². The van der Waals surface area contributed by atoms with Gasteiger partial charge in [0, 0.05) is 9.13 Å². The van der Waals surface area contributed by atoms with E-state index in [4.69, 9.17) is 9.47 Å². The van der Waals surface area contributed by atoms with Crippen LogP contribution in [0.25, 0.3) is 5.76 Å². The number of benzene rings is 2. The lowest BCUT2D eigenvalue weighted by Gasteiger charge is -2.23. The van der Waals surface area contributed by atoms with Crippen molar-refractivity contribution in [2.75, 3.05) is 18.6 Å². The number of aryl methyl sites for hydroxylation is 1. The zero-order valence-electron chi connectivity index (χ0n) is 19.8. The van der Waals surface area contributed by atoms with E-state index in [1.165, 1.54) is 12.0 Å². The number of methoxy groups -OCH3 is 1. The Kier molecular flexibility index (Phi) is 7.74. The van der Waals surface area contributed by atoms with Crippen LogP contribution in [0.4, 0.5) is 5.13 Å². The van der Waals surface area contributed by atoms with Gasteiger partial charge in [-0.05, 0) is 65.8 Å². The molecular weight excluding hydrogens is 595 g/mol. The van der Waals surface area contributed by atoms with Crippen LogP contribution in [-0.4, -0.2) is 41.5 Å². The lowest BCUT2D eigenvalue weighted by atomic mass is 9.95. The van der Waals surface area contributed by atoms with Crippen molar-refractivity contribution in [1.82, 2.24) is 4.98 Å². The van der Waals surface area contributed by atoms with Gasteiger partial charge in [0.05, 0.1) is 31.0 Å². The Hall–Kier alpha value is -3.25. The van der Waals surface area contributed by atoms with E-state index in [1.54, 1.807) is 43.3 Å². The summed E-state index contributed by atoms with van der Waals surface area (Å²) in [4.78, 5) is 44.7. The standard InChI is InChI=1S/C26H23IN2O6S/c1-4-12-35-18-7-5-6-16(13-18)21(30)19-20(15-8-10-17(27)11-9-15)29(24(32)22(19)31)26-28-14(2)23(36-26)25(33)34-3/h5-11,13,20,30H,4,12H2,1-3H3. The highest BCUT2D eigenvalue weighted by Crippen LogP contribution is 2.44. The number of aliphatic hydroxyl groups excluding tert-OH is 1. The van der Waals surface area contributed by atoms with Crippen LogP contribution < -0.4 is 9.64 Å². The van der Waals surface area contributed by atoms with Gasteiger partial charge in [-0.1, -0.05) is 42.5 Å². The van der Waals surface area contributed by atoms with Crippen LogP contribution in [0.2, 0.25) is 0 Å². The molecule has 1 aliphatic rings. The summed E-state index contributed by atoms with van der Waals surface area (Å²) in [5, 5.41) is 11.5. The van der Waals surface area contributed by atoms with Crippen LogP contribution in [-0.2, 0) is 14.3 Å².